The first-order valence-electron chi connectivity index (χ1n) is 8.97. The van der Waals surface area contributed by atoms with Crippen LogP contribution in [0.5, 0.6) is 0 Å². The van der Waals surface area contributed by atoms with E-state index in [0.29, 0.717) is 0 Å². The monoisotopic (exact) mass is 337 g/mol. The van der Waals surface area contributed by atoms with Crippen LogP contribution < -0.4 is 4.57 Å². The zero-order valence-electron chi connectivity index (χ0n) is 16.3. The summed E-state index contributed by atoms with van der Waals surface area (Å²) in [5.74, 6) is 0. The Morgan fingerprint density at radius 3 is 2.12 bits per heavy atom. The van der Waals surface area contributed by atoms with E-state index in [1.807, 2.05) is 0 Å². The summed E-state index contributed by atoms with van der Waals surface area (Å²) >= 11 is 0. The SMILES string of the molecule is COCCn1c[n+](Cc2c(C)c(C)c(C)c(C)c2C)c2ccccc21. The van der Waals surface area contributed by atoms with E-state index in [2.05, 4.69) is 74.3 Å². The van der Waals surface area contributed by atoms with Gasteiger partial charge in [0.05, 0.1) is 6.61 Å². The topological polar surface area (TPSA) is 18.0 Å². The third kappa shape index (κ3) is 3.09. The number of rotatable bonds is 5. The zero-order chi connectivity index (χ0) is 18.1. The highest BCUT2D eigenvalue weighted by Crippen LogP contribution is 2.26. The van der Waals surface area contributed by atoms with Crippen molar-refractivity contribution in [2.75, 3.05) is 13.7 Å². The van der Waals surface area contributed by atoms with Crippen LogP contribution in [0, 0.1) is 34.6 Å². The van der Waals surface area contributed by atoms with Gasteiger partial charge in [-0.15, -0.1) is 0 Å². The van der Waals surface area contributed by atoms with Crippen LogP contribution in [0.3, 0.4) is 0 Å². The van der Waals surface area contributed by atoms with Gasteiger partial charge in [-0.1, -0.05) is 12.1 Å². The van der Waals surface area contributed by atoms with Crippen LogP contribution in [0.2, 0.25) is 0 Å². The number of hydrogen-bond donors (Lipinski definition) is 0. The predicted molar refractivity (Wildman–Crippen MR) is 103 cm³/mol. The molecule has 0 aliphatic carbocycles. The molecular formula is C22H29N2O+. The lowest BCUT2D eigenvalue weighted by molar-refractivity contribution is -0.663. The Morgan fingerprint density at radius 2 is 1.48 bits per heavy atom. The molecule has 25 heavy (non-hydrogen) atoms. The fourth-order valence-corrected chi connectivity index (χ4v) is 3.72. The number of benzene rings is 2. The molecule has 0 saturated heterocycles. The lowest BCUT2D eigenvalue weighted by Gasteiger charge is -2.17. The number of methoxy groups -OCH3 is 1. The fourth-order valence-electron chi connectivity index (χ4n) is 3.72. The van der Waals surface area contributed by atoms with Gasteiger partial charge in [0.25, 0.3) is 0 Å². The van der Waals surface area contributed by atoms with Gasteiger partial charge in [0.1, 0.15) is 13.1 Å². The van der Waals surface area contributed by atoms with Crippen LogP contribution in [0.25, 0.3) is 11.0 Å². The predicted octanol–water partition coefficient (Wildman–Crippen LogP) is 4.17. The summed E-state index contributed by atoms with van der Waals surface area (Å²) in [7, 11) is 1.75. The van der Waals surface area contributed by atoms with Crippen LogP contribution in [0.15, 0.2) is 30.6 Å². The van der Waals surface area contributed by atoms with E-state index < -0.39 is 0 Å². The van der Waals surface area contributed by atoms with Crippen molar-refractivity contribution in [1.29, 1.82) is 0 Å². The highest BCUT2D eigenvalue weighted by atomic mass is 16.5. The second-order valence-electron chi connectivity index (χ2n) is 7.02. The molecule has 1 heterocycles. The van der Waals surface area contributed by atoms with E-state index in [-0.39, 0.29) is 0 Å². The standard InChI is InChI=1S/C22H29N2O/c1-15-16(2)18(4)20(19(5)17(15)3)13-24-14-23(11-12-25-6)21-9-7-8-10-22(21)24/h7-10,14H,11-13H2,1-6H3/q+1. The van der Waals surface area contributed by atoms with Gasteiger partial charge < -0.3 is 4.74 Å². The third-order valence-corrected chi connectivity index (χ3v) is 5.80. The Kier molecular flexibility index (Phi) is 4.96. The Bertz CT molecular complexity index is 892. The van der Waals surface area contributed by atoms with Gasteiger partial charge in [0.15, 0.2) is 11.0 Å². The summed E-state index contributed by atoms with van der Waals surface area (Å²) in [6, 6.07) is 8.61. The lowest BCUT2D eigenvalue weighted by atomic mass is 9.89. The number of imidazole rings is 1. The number of para-hydroxylation sites is 2. The molecule has 0 atom stereocenters. The molecule has 132 valence electrons. The smallest absolute Gasteiger partial charge is 0.245 e. The average Bonchev–Trinajstić information content (AvgIpc) is 2.98. The van der Waals surface area contributed by atoms with Gasteiger partial charge in [-0.3, -0.25) is 0 Å². The average molecular weight is 337 g/mol. The van der Waals surface area contributed by atoms with E-state index in [9.17, 15) is 0 Å². The Labute approximate surface area is 150 Å². The Morgan fingerprint density at radius 1 is 0.880 bits per heavy atom. The summed E-state index contributed by atoms with van der Waals surface area (Å²) in [5.41, 5.74) is 11.1. The van der Waals surface area contributed by atoms with Gasteiger partial charge in [-0.2, -0.15) is 0 Å². The molecule has 0 radical (unpaired) electrons. The summed E-state index contributed by atoms with van der Waals surface area (Å²) in [5, 5.41) is 0. The van der Waals surface area contributed by atoms with E-state index in [1.165, 1.54) is 44.4 Å². The van der Waals surface area contributed by atoms with Gasteiger partial charge >= 0.3 is 0 Å². The molecule has 0 N–H and O–H groups in total. The molecule has 0 aliphatic heterocycles. The normalized spacial score (nSPS) is 11.4. The zero-order valence-corrected chi connectivity index (χ0v) is 16.3. The summed E-state index contributed by atoms with van der Waals surface area (Å²) in [6.07, 6.45) is 2.23. The molecule has 0 unspecified atom stereocenters. The molecule has 3 aromatic rings. The molecular weight excluding hydrogens is 308 g/mol. The fraction of sp³-hybridized carbons (Fsp3) is 0.409. The van der Waals surface area contributed by atoms with E-state index >= 15 is 0 Å². The minimum atomic E-state index is 0.722. The molecule has 3 nitrogen and oxygen atoms in total. The van der Waals surface area contributed by atoms with Gasteiger partial charge in [0.2, 0.25) is 6.33 Å². The van der Waals surface area contributed by atoms with Crippen LogP contribution in [0.4, 0.5) is 0 Å². The van der Waals surface area contributed by atoms with Crippen molar-refractivity contribution < 1.29 is 9.30 Å². The van der Waals surface area contributed by atoms with Crippen molar-refractivity contribution in [2.24, 2.45) is 0 Å². The molecule has 0 aliphatic rings. The van der Waals surface area contributed by atoms with Gasteiger partial charge in [-0.25, -0.2) is 9.13 Å². The number of ether oxygens (including phenoxy) is 1. The van der Waals surface area contributed by atoms with E-state index in [0.717, 1.165) is 19.7 Å². The number of hydrogen-bond acceptors (Lipinski definition) is 1. The van der Waals surface area contributed by atoms with Crippen LogP contribution in [-0.4, -0.2) is 18.3 Å². The van der Waals surface area contributed by atoms with Crippen molar-refractivity contribution in [2.45, 2.75) is 47.7 Å². The Hall–Kier alpha value is -2.13. The first-order chi connectivity index (χ1) is 12.0. The molecule has 0 fully saturated rings. The molecule has 2 aromatic carbocycles. The van der Waals surface area contributed by atoms with Crippen molar-refractivity contribution in [3.63, 3.8) is 0 Å². The molecule has 0 spiro atoms. The van der Waals surface area contributed by atoms with Gasteiger partial charge in [0, 0.05) is 7.11 Å². The second kappa shape index (κ2) is 7.01. The maximum Gasteiger partial charge on any atom is 0.245 e. The minimum absolute atomic E-state index is 0.722. The quantitative estimate of drug-likeness (QED) is 0.639. The maximum atomic E-state index is 5.27. The van der Waals surface area contributed by atoms with Crippen LogP contribution in [-0.2, 0) is 17.8 Å². The number of nitrogens with zero attached hydrogens (tertiary/aromatic N) is 2. The second-order valence-corrected chi connectivity index (χ2v) is 7.02. The van der Waals surface area contributed by atoms with Crippen molar-refractivity contribution in [3.05, 3.63) is 64.0 Å². The molecule has 0 saturated carbocycles. The third-order valence-electron chi connectivity index (χ3n) is 5.80. The lowest BCUT2D eigenvalue weighted by Crippen LogP contribution is -2.34. The molecule has 0 amide bonds. The highest BCUT2D eigenvalue weighted by molar-refractivity contribution is 5.71. The molecule has 3 rings (SSSR count). The van der Waals surface area contributed by atoms with Crippen molar-refractivity contribution in [3.8, 4) is 0 Å². The van der Waals surface area contributed by atoms with Crippen molar-refractivity contribution in [1.82, 2.24) is 4.57 Å². The number of fused-ring (bicyclic) bond motifs is 1. The molecule has 0 bridgehead atoms. The van der Waals surface area contributed by atoms with Crippen LogP contribution >= 0.6 is 0 Å². The number of aromatic nitrogens is 2. The Balaban J connectivity index is 2.10. The highest BCUT2D eigenvalue weighted by Gasteiger charge is 2.19. The minimum Gasteiger partial charge on any atom is -0.381 e. The van der Waals surface area contributed by atoms with Gasteiger partial charge in [-0.05, 0) is 80.1 Å². The largest absolute Gasteiger partial charge is 0.381 e. The maximum absolute atomic E-state index is 5.27. The summed E-state index contributed by atoms with van der Waals surface area (Å²) in [6.45, 7) is 13.7. The van der Waals surface area contributed by atoms with E-state index in [4.69, 9.17) is 4.74 Å². The molecule has 3 heteroatoms. The first kappa shape index (κ1) is 17.7. The summed E-state index contributed by atoms with van der Waals surface area (Å²) < 4.78 is 9.93. The summed E-state index contributed by atoms with van der Waals surface area (Å²) in [4.78, 5) is 0. The van der Waals surface area contributed by atoms with Crippen molar-refractivity contribution >= 4 is 11.0 Å². The van der Waals surface area contributed by atoms with E-state index in [1.54, 1.807) is 7.11 Å². The first-order valence-corrected chi connectivity index (χ1v) is 8.97. The van der Waals surface area contributed by atoms with Crippen LogP contribution in [0.1, 0.15) is 33.4 Å². The molecule has 1 aromatic heterocycles.